The Kier molecular flexibility index (Phi) is 13.2. The minimum absolute atomic E-state index is 0.0261. The van der Waals surface area contributed by atoms with Gasteiger partial charge in [0, 0.05) is 44.1 Å². The molecule has 56 heavy (non-hydrogen) atoms. The van der Waals surface area contributed by atoms with Gasteiger partial charge in [0.1, 0.15) is 24.1 Å². The molecule has 2 saturated carbocycles. The van der Waals surface area contributed by atoms with Gasteiger partial charge in [0.2, 0.25) is 18.5 Å². The van der Waals surface area contributed by atoms with E-state index in [-0.39, 0.29) is 62.6 Å². The van der Waals surface area contributed by atoms with Gasteiger partial charge in [0.05, 0.1) is 18.2 Å². The molecule has 2 fully saturated rings. The Bertz CT molecular complexity index is 1740. The summed E-state index contributed by atoms with van der Waals surface area (Å²) in [5.74, 6) is 0.877. The molecule has 2 heterocycles. The summed E-state index contributed by atoms with van der Waals surface area (Å²) in [5.41, 5.74) is 3.54. The van der Waals surface area contributed by atoms with Gasteiger partial charge in [-0.25, -0.2) is 0 Å². The van der Waals surface area contributed by atoms with Crippen LogP contribution < -0.4 is 14.2 Å². The highest BCUT2D eigenvalue weighted by molar-refractivity contribution is 6.03. The molecule has 11 nitrogen and oxygen atoms in total. The summed E-state index contributed by atoms with van der Waals surface area (Å²) in [4.78, 5) is 22.8. The van der Waals surface area contributed by atoms with Gasteiger partial charge in [0.25, 0.3) is 0 Å². The second-order valence-electron chi connectivity index (χ2n) is 16.1. The molecule has 3 N–H and O–H groups in total. The predicted octanol–water partition coefficient (Wildman–Crippen LogP) is 7.77. The Morgan fingerprint density at radius 3 is 2.54 bits per heavy atom. The highest BCUT2D eigenvalue weighted by Gasteiger charge is 2.65. The maximum atomic E-state index is 15.0. The van der Waals surface area contributed by atoms with Crippen LogP contribution in [0.3, 0.4) is 0 Å². The topological polar surface area (TPSA) is 140 Å². The number of allylic oxidation sites excluding steroid dienone is 1. The number of rotatable bonds is 19. The largest absolute Gasteiger partial charge is 0.508 e. The van der Waals surface area contributed by atoms with Crippen molar-refractivity contribution in [3.8, 4) is 23.0 Å². The molecule has 11 heteroatoms. The number of amides is 1. The number of aliphatic hydroxyl groups excluding tert-OH is 2. The summed E-state index contributed by atoms with van der Waals surface area (Å²) in [6.45, 7) is 7.19. The number of ether oxygens (including phenoxy) is 4. The van der Waals surface area contributed by atoms with Gasteiger partial charge < -0.3 is 44.0 Å². The zero-order valence-corrected chi connectivity index (χ0v) is 32.9. The van der Waals surface area contributed by atoms with Crippen molar-refractivity contribution in [2.24, 2.45) is 28.8 Å². The second kappa shape index (κ2) is 18.5. The molecule has 6 atom stereocenters. The van der Waals surface area contributed by atoms with Crippen molar-refractivity contribution in [2.45, 2.75) is 115 Å². The molecule has 0 spiro atoms. The van der Waals surface area contributed by atoms with E-state index >= 15 is 0 Å². The molecule has 0 aromatic heterocycles. The highest BCUT2D eigenvalue weighted by atomic mass is 16.7. The number of phenols is 1. The van der Waals surface area contributed by atoms with Crippen LogP contribution in [0.1, 0.15) is 107 Å². The fraction of sp³-hybridized carbons (Fsp3) is 0.600. The van der Waals surface area contributed by atoms with Crippen molar-refractivity contribution in [3.05, 3.63) is 71.8 Å². The number of aliphatic hydroxyl groups is 2. The standard InChI is InChI=1S/C45H60N2O9/c1-3-23-54-45-41(47(42(51)20-16-30-11-5-6-12-30)28-31-15-18-39-40(24-31)53-29-52-39)27-37(46-55-4-2)35-25-32(13-7-9-21-48)34(14-8-10-22-49)43(44(35)45)36-26-33(50)17-19-38(36)56-45/h3,15,17-19,24-26,30,32,34,41,43-44,48-50H,1,4-14,16,20-23,27-29H2,2H3. The summed E-state index contributed by atoms with van der Waals surface area (Å²) < 4.78 is 25.8. The molecule has 0 radical (unpaired) electrons. The molecule has 2 aromatic rings. The van der Waals surface area contributed by atoms with E-state index in [4.69, 9.17) is 28.9 Å². The molecular formula is C45H60N2O9. The first kappa shape index (κ1) is 40.1. The number of benzene rings is 2. The third-order valence-electron chi connectivity index (χ3n) is 12.7. The van der Waals surface area contributed by atoms with Crippen LogP contribution in [-0.2, 0) is 20.9 Å². The lowest BCUT2D eigenvalue weighted by Crippen LogP contribution is -2.70. The van der Waals surface area contributed by atoms with Crippen LogP contribution in [0.2, 0.25) is 0 Å². The molecular weight excluding hydrogens is 713 g/mol. The zero-order valence-electron chi connectivity index (χ0n) is 32.9. The second-order valence-corrected chi connectivity index (χ2v) is 16.1. The number of nitrogens with zero attached hydrogens (tertiary/aromatic N) is 2. The van der Waals surface area contributed by atoms with E-state index in [9.17, 15) is 20.1 Å². The van der Waals surface area contributed by atoms with E-state index in [1.807, 2.05) is 42.2 Å². The number of oxime groups is 1. The van der Waals surface area contributed by atoms with Crippen molar-refractivity contribution in [1.29, 1.82) is 0 Å². The summed E-state index contributed by atoms with van der Waals surface area (Å²) in [6.07, 6.45) is 15.1. The molecule has 2 aliphatic heterocycles. The lowest BCUT2D eigenvalue weighted by Gasteiger charge is -2.60. The number of carbonyl (C=O) groups excluding carboxylic acids is 1. The quantitative estimate of drug-likeness (QED) is 0.0743. The lowest BCUT2D eigenvalue weighted by atomic mass is 9.55. The lowest BCUT2D eigenvalue weighted by molar-refractivity contribution is -0.258. The fourth-order valence-corrected chi connectivity index (χ4v) is 10.2. The molecule has 1 amide bonds. The number of hydrogen-bond acceptors (Lipinski definition) is 10. The van der Waals surface area contributed by atoms with Gasteiger partial charge in [-0.05, 0) is 98.2 Å². The van der Waals surface area contributed by atoms with E-state index in [0.717, 1.165) is 67.4 Å². The predicted molar refractivity (Wildman–Crippen MR) is 213 cm³/mol. The summed E-state index contributed by atoms with van der Waals surface area (Å²) in [6, 6.07) is 10.5. The third kappa shape index (κ3) is 8.31. The number of aromatic hydroxyl groups is 1. The van der Waals surface area contributed by atoms with Gasteiger partial charge in [-0.2, -0.15) is 0 Å². The van der Waals surface area contributed by atoms with Crippen molar-refractivity contribution >= 4 is 11.6 Å². The average Bonchev–Trinajstić information content (AvgIpc) is 3.91. The van der Waals surface area contributed by atoms with E-state index < -0.39 is 17.7 Å². The minimum Gasteiger partial charge on any atom is -0.508 e. The zero-order chi connectivity index (χ0) is 39.1. The first-order valence-electron chi connectivity index (χ1n) is 21.0. The average molecular weight is 773 g/mol. The smallest absolute Gasteiger partial charge is 0.239 e. The monoisotopic (exact) mass is 772 g/mol. The number of phenolic OH excluding ortho intramolecular Hbond substituents is 1. The number of unbranched alkanes of at least 4 members (excludes halogenated alkanes) is 2. The Balaban J connectivity index is 1.40. The van der Waals surface area contributed by atoms with E-state index in [0.29, 0.717) is 55.5 Å². The van der Waals surface area contributed by atoms with Crippen molar-refractivity contribution in [2.75, 3.05) is 33.2 Å². The number of carbonyl (C=O) groups is 1. The first-order chi connectivity index (χ1) is 27.4. The van der Waals surface area contributed by atoms with Crippen LogP contribution in [0.5, 0.6) is 23.0 Å². The fourth-order valence-electron chi connectivity index (χ4n) is 10.2. The van der Waals surface area contributed by atoms with Crippen LogP contribution in [-0.4, -0.2) is 76.9 Å². The van der Waals surface area contributed by atoms with Crippen LogP contribution in [0.15, 0.2) is 65.9 Å². The van der Waals surface area contributed by atoms with Gasteiger partial charge >= 0.3 is 0 Å². The highest BCUT2D eigenvalue weighted by Crippen LogP contribution is 2.62. The van der Waals surface area contributed by atoms with Gasteiger partial charge in [-0.1, -0.05) is 61.9 Å². The number of hydrogen-bond donors (Lipinski definition) is 3. The van der Waals surface area contributed by atoms with E-state index in [1.165, 1.54) is 12.8 Å². The molecule has 6 unspecified atom stereocenters. The number of fused-ring (bicyclic) bond motifs is 3. The molecule has 0 bridgehead atoms. The Labute approximate surface area is 331 Å². The molecule has 3 aliphatic carbocycles. The Morgan fingerprint density at radius 1 is 1.00 bits per heavy atom. The maximum Gasteiger partial charge on any atom is 0.239 e. The normalized spacial score (nSPS) is 26.9. The van der Waals surface area contributed by atoms with Gasteiger partial charge in [-0.15, -0.1) is 6.58 Å². The first-order valence-corrected chi connectivity index (χ1v) is 21.0. The van der Waals surface area contributed by atoms with Crippen molar-refractivity contribution in [1.82, 2.24) is 4.90 Å². The Morgan fingerprint density at radius 2 is 1.77 bits per heavy atom. The summed E-state index contributed by atoms with van der Waals surface area (Å²) in [7, 11) is 0. The van der Waals surface area contributed by atoms with Crippen LogP contribution in [0.4, 0.5) is 0 Å². The molecule has 304 valence electrons. The van der Waals surface area contributed by atoms with E-state index in [1.54, 1.807) is 12.1 Å². The van der Waals surface area contributed by atoms with Crippen LogP contribution in [0, 0.1) is 23.7 Å². The molecule has 2 aromatic carbocycles. The third-order valence-corrected chi connectivity index (χ3v) is 12.7. The Hall–Kier alpha value is -4.06. The summed E-state index contributed by atoms with van der Waals surface area (Å²) in [5, 5.41) is 35.4. The van der Waals surface area contributed by atoms with Gasteiger partial charge in [-0.3, -0.25) is 4.79 Å². The SMILES string of the molecule is C=CCOC12Oc3ccc(O)cc3C3C(CCCCO)C(CCCCO)C=C(C(=NOCC)CC1N(Cc1ccc4c(c1)OCO4)C(=O)CCC1CCCC1)C32. The van der Waals surface area contributed by atoms with Crippen molar-refractivity contribution in [3.63, 3.8) is 0 Å². The van der Waals surface area contributed by atoms with E-state index in [2.05, 4.69) is 12.7 Å². The van der Waals surface area contributed by atoms with Crippen molar-refractivity contribution < 1.29 is 43.9 Å². The molecule has 0 saturated heterocycles. The maximum absolute atomic E-state index is 15.0. The van der Waals surface area contributed by atoms with Crippen LogP contribution in [0.25, 0.3) is 0 Å². The molecule has 7 rings (SSSR count). The van der Waals surface area contributed by atoms with Crippen LogP contribution >= 0.6 is 0 Å². The molecule has 5 aliphatic rings. The summed E-state index contributed by atoms with van der Waals surface area (Å²) >= 11 is 0. The van der Waals surface area contributed by atoms with Gasteiger partial charge in [0.15, 0.2) is 11.5 Å². The minimum atomic E-state index is -1.36.